The van der Waals surface area contributed by atoms with Crippen molar-refractivity contribution in [3.63, 3.8) is 0 Å². The van der Waals surface area contributed by atoms with Crippen LogP contribution in [-0.4, -0.2) is 18.7 Å². The fourth-order valence-corrected chi connectivity index (χ4v) is 1.63. The Hall–Kier alpha value is -1.13. The van der Waals surface area contributed by atoms with Crippen molar-refractivity contribution in [2.24, 2.45) is 5.73 Å². The van der Waals surface area contributed by atoms with E-state index in [0.717, 1.165) is 30.6 Å². The topological polar surface area (TPSA) is 44.5 Å². The minimum absolute atomic E-state index is 0.348. The molecule has 2 N–H and O–H groups in total. The van der Waals surface area contributed by atoms with Crippen LogP contribution in [0.1, 0.15) is 30.9 Å². The number of thiocarbonyl (C=S) groups is 1. The summed E-state index contributed by atoms with van der Waals surface area (Å²) in [5.74, 6) is 0.703. The minimum Gasteiger partial charge on any atom is -0.496 e. The van der Waals surface area contributed by atoms with Gasteiger partial charge in [-0.05, 0) is 24.1 Å². The van der Waals surface area contributed by atoms with Gasteiger partial charge in [-0.3, -0.25) is 0 Å². The molecule has 0 aliphatic rings. The molecule has 1 rings (SSSR count). The zero-order chi connectivity index (χ0) is 12.7. The van der Waals surface area contributed by atoms with Gasteiger partial charge in [-0.1, -0.05) is 31.6 Å². The third-order valence-electron chi connectivity index (χ3n) is 2.44. The van der Waals surface area contributed by atoms with E-state index in [4.69, 9.17) is 27.4 Å². The summed E-state index contributed by atoms with van der Waals surface area (Å²) in [7, 11) is 1.61. The summed E-state index contributed by atoms with van der Waals surface area (Å²) in [6, 6.07) is 5.75. The number of rotatable bonds is 7. The molecule has 94 valence electrons. The molecule has 0 aromatic heterocycles. The van der Waals surface area contributed by atoms with Gasteiger partial charge in [0.15, 0.2) is 0 Å². The van der Waals surface area contributed by atoms with Gasteiger partial charge in [0.25, 0.3) is 0 Å². The molecule has 0 unspecified atom stereocenters. The maximum absolute atomic E-state index is 5.60. The van der Waals surface area contributed by atoms with E-state index in [1.807, 2.05) is 18.2 Å². The summed E-state index contributed by atoms with van der Waals surface area (Å²) in [5, 5.41) is 0. The highest BCUT2D eigenvalue weighted by molar-refractivity contribution is 7.80. The molecule has 1 aromatic rings. The third-order valence-corrected chi connectivity index (χ3v) is 2.66. The first-order valence-corrected chi connectivity index (χ1v) is 6.14. The average molecular weight is 253 g/mol. The van der Waals surface area contributed by atoms with Crippen LogP contribution >= 0.6 is 12.2 Å². The Morgan fingerprint density at radius 2 is 2.18 bits per heavy atom. The SMILES string of the molecule is CCCCOCc1ccc(C(N)=S)c(OC)c1. The van der Waals surface area contributed by atoms with Gasteiger partial charge < -0.3 is 15.2 Å². The Morgan fingerprint density at radius 3 is 2.76 bits per heavy atom. The molecular weight excluding hydrogens is 234 g/mol. The van der Waals surface area contributed by atoms with Crippen LogP contribution in [0.15, 0.2) is 18.2 Å². The van der Waals surface area contributed by atoms with Gasteiger partial charge in [-0.15, -0.1) is 0 Å². The number of nitrogens with two attached hydrogens (primary N) is 1. The van der Waals surface area contributed by atoms with E-state index in [9.17, 15) is 0 Å². The van der Waals surface area contributed by atoms with Crippen molar-refractivity contribution < 1.29 is 9.47 Å². The lowest BCUT2D eigenvalue weighted by Gasteiger charge is -2.10. The quantitative estimate of drug-likeness (QED) is 0.599. The summed E-state index contributed by atoms with van der Waals surface area (Å²) in [4.78, 5) is 0.348. The van der Waals surface area contributed by atoms with Crippen LogP contribution in [0.2, 0.25) is 0 Å². The molecule has 0 fully saturated rings. The van der Waals surface area contributed by atoms with E-state index >= 15 is 0 Å². The second-order valence-electron chi connectivity index (χ2n) is 3.81. The summed E-state index contributed by atoms with van der Waals surface area (Å²) in [5.41, 5.74) is 7.43. The van der Waals surface area contributed by atoms with E-state index < -0.39 is 0 Å². The van der Waals surface area contributed by atoms with Crippen LogP contribution in [0.4, 0.5) is 0 Å². The highest BCUT2D eigenvalue weighted by Crippen LogP contribution is 2.20. The molecule has 0 saturated heterocycles. The lowest BCUT2D eigenvalue weighted by molar-refractivity contribution is 0.118. The number of unbranched alkanes of at least 4 members (excludes halogenated alkanes) is 1. The van der Waals surface area contributed by atoms with Crippen LogP contribution < -0.4 is 10.5 Å². The molecular formula is C13H19NO2S. The first-order valence-electron chi connectivity index (χ1n) is 5.73. The maximum atomic E-state index is 5.60. The fourth-order valence-electron chi connectivity index (χ4n) is 1.47. The van der Waals surface area contributed by atoms with Gasteiger partial charge in [0, 0.05) is 6.61 Å². The molecule has 1 aromatic carbocycles. The third kappa shape index (κ3) is 4.32. The normalized spacial score (nSPS) is 10.2. The first-order chi connectivity index (χ1) is 8.19. The average Bonchev–Trinajstić information content (AvgIpc) is 2.34. The Bertz CT molecular complexity index is 380. The maximum Gasteiger partial charge on any atom is 0.129 e. The lowest BCUT2D eigenvalue weighted by atomic mass is 10.1. The molecule has 0 saturated carbocycles. The van der Waals surface area contributed by atoms with Crippen LogP contribution in [-0.2, 0) is 11.3 Å². The van der Waals surface area contributed by atoms with Crippen LogP contribution in [0.3, 0.4) is 0 Å². The van der Waals surface area contributed by atoms with E-state index in [1.165, 1.54) is 0 Å². The molecule has 0 aliphatic carbocycles. The van der Waals surface area contributed by atoms with Gasteiger partial charge in [0.05, 0.1) is 19.3 Å². The molecule has 0 amide bonds. The summed E-state index contributed by atoms with van der Waals surface area (Å²) >= 11 is 4.95. The number of benzene rings is 1. The van der Waals surface area contributed by atoms with Gasteiger partial charge in [-0.2, -0.15) is 0 Å². The second kappa shape index (κ2) is 7.25. The Morgan fingerprint density at radius 1 is 1.41 bits per heavy atom. The zero-order valence-electron chi connectivity index (χ0n) is 10.4. The molecule has 17 heavy (non-hydrogen) atoms. The molecule has 0 radical (unpaired) electrons. The van der Waals surface area contributed by atoms with E-state index in [-0.39, 0.29) is 0 Å². The number of hydrogen-bond acceptors (Lipinski definition) is 3. The van der Waals surface area contributed by atoms with Gasteiger partial charge in [-0.25, -0.2) is 0 Å². The number of methoxy groups -OCH3 is 1. The Kier molecular flexibility index (Phi) is 5.94. The van der Waals surface area contributed by atoms with Crippen molar-refractivity contribution in [3.05, 3.63) is 29.3 Å². The second-order valence-corrected chi connectivity index (χ2v) is 4.24. The molecule has 3 nitrogen and oxygen atoms in total. The Labute approximate surface area is 108 Å². The Balaban J connectivity index is 2.66. The van der Waals surface area contributed by atoms with Crippen molar-refractivity contribution in [1.82, 2.24) is 0 Å². The van der Waals surface area contributed by atoms with Crippen molar-refractivity contribution in [3.8, 4) is 5.75 Å². The molecule has 0 spiro atoms. The number of hydrogen-bond donors (Lipinski definition) is 1. The largest absolute Gasteiger partial charge is 0.496 e. The predicted molar refractivity (Wildman–Crippen MR) is 73.4 cm³/mol. The fraction of sp³-hybridized carbons (Fsp3) is 0.462. The smallest absolute Gasteiger partial charge is 0.129 e. The molecule has 0 aliphatic heterocycles. The first kappa shape index (κ1) is 13.9. The van der Waals surface area contributed by atoms with Crippen molar-refractivity contribution in [2.75, 3.05) is 13.7 Å². The summed E-state index contributed by atoms with van der Waals surface area (Å²) < 4.78 is 10.8. The summed E-state index contributed by atoms with van der Waals surface area (Å²) in [6.45, 7) is 3.52. The van der Waals surface area contributed by atoms with E-state index in [1.54, 1.807) is 7.11 Å². The van der Waals surface area contributed by atoms with Crippen LogP contribution in [0, 0.1) is 0 Å². The highest BCUT2D eigenvalue weighted by Gasteiger charge is 2.06. The monoisotopic (exact) mass is 253 g/mol. The molecule has 4 heteroatoms. The van der Waals surface area contributed by atoms with Crippen molar-refractivity contribution in [2.45, 2.75) is 26.4 Å². The summed E-state index contributed by atoms with van der Waals surface area (Å²) in [6.07, 6.45) is 2.23. The lowest BCUT2D eigenvalue weighted by Crippen LogP contribution is -2.11. The highest BCUT2D eigenvalue weighted by atomic mass is 32.1. The molecule has 0 heterocycles. The van der Waals surface area contributed by atoms with Crippen molar-refractivity contribution in [1.29, 1.82) is 0 Å². The van der Waals surface area contributed by atoms with Gasteiger partial charge >= 0.3 is 0 Å². The molecule has 0 atom stereocenters. The standard InChI is InChI=1S/C13H19NO2S/c1-3-4-7-16-9-10-5-6-11(13(14)17)12(8-10)15-2/h5-6,8H,3-4,7,9H2,1-2H3,(H2,14,17). The van der Waals surface area contributed by atoms with Gasteiger partial charge in [0.1, 0.15) is 10.7 Å². The predicted octanol–water partition coefficient (Wildman–Crippen LogP) is 2.65. The van der Waals surface area contributed by atoms with Gasteiger partial charge in [0.2, 0.25) is 0 Å². The van der Waals surface area contributed by atoms with E-state index in [2.05, 4.69) is 6.92 Å². The molecule has 0 bridgehead atoms. The zero-order valence-corrected chi connectivity index (χ0v) is 11.2. The van der Waals surface area contributed by atoms with Crippen molar-refractivity contribution >= 4 is 17.2 Å². The van der Waals surface area contributed by atoms with Crippen LogP contribution in [0.25, 0.3) is 0 Å². The van der Waals surface area contributed by atoms with Crippen LogP contribution in [0.5, 0.6) is 5.75 Å². The number of ether oxygens (including phenoxy) is 2. The minimum atomic E-state index is 0.348. The van der Waals surface area contributed by atoms with E-state index in [0.29, 0.717) is 17.3 Å².